The summed E-state index contributed by atoms with van der Waals surface area (Å²) in [6.07, 6.45) is 2.71. The number of carbonyl (C=O) groups excluding carboxylic acids is 2. The summed E-state index contributed by atoms with van der Waals surface area (Å²) >= 11 is 6.18. The van der Waals surface area contributed by atoms with Crippen molar-refractivity contribution in [3.05, 3.63) is 52.8 Å². The van der Waals surface area contributed by atoms with E-state index in [2.05, 4.69) is 10.8 Å². The lowest BCUT2D eigenvalue weighted by Crippen LogP contribution is -2.51. The zero-order valence-electron chi connectivity index (χ0n) is 19.0. The number of carbonyl (C=O) groups is 2. The zero-order valence-corrected chi connectivity index (χ0v) is 20.6. The van der Waals surface area contributed by atoms with Crippen LogP contribution < -0.4 is 4.72 Å². The molecule has 0 radical (unpaired) electrons. The molecule has 2 heterocycles. The number of rotatable bonds is 8. The predicted molar refractivity (Wildman–Crippen MR) is 125 cm³/mol. The first-order valence-electron chi connectivity index (χ1n) is 10.9. The zero-order chi connectivity index (χ0) is 24.9. The SMILES string of the molecule is COC(=O)C1CCN(C(=O)C(CCn2cccc2C#N)NS(=O)(=O)c2c(C)cccc2Cl)CC1. The minimum absolute atomic E-state index is 0.0646. The highest BCUT2D eigenvalue weighted by Crippen LogP contribution is 2.26. The van der Waals surface area contributed by atoms with Crippen molar-refractivity contribution in [2.24, 2.45) is 5.92 Å². The lowest BCUT2D eigenvalue weighted by atomic mass is 9.96. The van der Waals surface area contributed by atoms with E-state index in [-0.39, 0.29) is 40.7 Å². The third kappa shape index (κ3) is 5.78. The van der Waals surface area contributed by atoms with Gasteiger partial charge in [0.25, 0.3) is 0 Å². The third-order valence-corrected chi connectivity index (χ3v) is 8.07. The number of ether oxygens (including phenoxy) is 1. The maximum absolute atomic E-state index is 13.4. The number of esters is 1. The number of nitriles is 1. The van der Waals surface area contributed by atoms with Crippen LogP contribution in [0, 0.1) is 24.2 Å². The number of aryl methyl sites for hydroxylation is 2. The van der Waals surface area contributed by atoms with Crippen molar-refractivity contribution in [3.8, 4) is 6.07 Å². The number of aromatic nitrogens is 1. The Hall–Kier alpha value is -2.87. The smallest absolute Gasteiger partial charge is 0.308 e. The molecule has 1 aromatic carbocycles. The van der Waals surface area contributed by atoms with Crippen LogP contribution in [0.25, 0.3) is 0 Å². The Morgan fingerprint density at radius 2 is 1.97 bits per heavy atom. The van der Waals surface area contributed by atoms with Crippen LogP contribution in [0.5, 0.6) is 0 Å². The fourth-order valence-electron chi connectivity index (χ4n) is 4.14. The van der Waals surface area contributed by atoms with Crippen LogP contribution in [0.1, 0.15) is 30.5 Å². The van der Waals surface area contributed by atoms with Gasteiger partial charge in [0, 0.05) is 25.8 Å². The Morgan fingerprint density at radius 1 is 1.26 bits per heavy atom. The number of hydrogen-bond acceptors (Lipinski definition) is 6. The molecule has 0 spiro atoms. The fraction of sp³-hybridized carbons (Fsp3) is 0.435. The second-order valence-corrected chi connectivity index (χ2v) is 10.2. The highest BCUT2D eigenvalue weighted by atomic mass is 35.5. The number of halogens is 1. The summed E-state index contributed by atoms with van der Waals surface area (Å²) in [6.45, 7) is 2.52. The Labute approximate surface area is 204 Å². The molecule has 0 aliphatic carbocycles. The number of benzene rings is 1. The summed E-state index contributed by atoms with van der Waals surface area (Å²) in [7, 11) is -2.79. The van der Waals surface area contributed by atoms with Gasteiger partial charge in [0.2, 0.25) is 15.9 Å². The molecule has 11 heteroatoms. The molecule has 0 saturated carbocycles. The van der Waals surface area contributed by atoms with Gasteiger partial charge < -0.3 is 14.2 Å². The van der Waals surface area contributed by atoms with Gasteiger partial charge >= 0.3 is 5.97 Å². The normalized spacial score (nSPS) is 15.5. The van der Waals surface area contributed by atoms with Gasteiger partial charge in [-0.15, -0.1) is 0 Å². The van der Waals surface area contributed by atoms with Crippen molar-refractivity contribution in [1.29, 1.82) is 5.26 Å². The number of amides is 1. The highest BCUT2D eigenvalue weighted by Gasteiger charge is 2.34. The van der Waals surface area contributed by atoms with E-state index in [1.165, 1.54) is 13.2 Å². The average Bonchev–Trinajstić information content (AvgIpc) is 3.28. The first kappa shape index (κ1) is 25.7. The highest BCUT2D eigenvalue weighted by molar-refractivity contribution is 7.89. The summed E-state index contributed by atoms with van der Waals surface area (Å²) < 4.78 is 35.5. The molecule has 34 heavy (non-hydrogen) atoms. The average molecular weight is 507 g/mol. The van der Waals surface area contributed by atoms with Crippen LogP contribution in [0.4, 0.5) is 0 Å². The summed E-state index contributed by atoms with van der Waals surface area (Å²) in [5.74, 6) is -0.981. The number of likely N-dealkylation sites (tertiary alicyclic amines) is 1. The second kappa shape index (κ2) is 11.0. The molecule has 1 aromatic heterocycles. The number of nitrogens with one attached hydrogen (secondary N) is 1. The van der Waals surface area contributed by atoms with Crippen LogP contribution in [0.3, 0.4) is 0 Å². The molecule has 182 valence electrons. The molecule has 1 aliphatic rings. The summed E-state index contributed by atoms with van der Waals surface area (Å²) in [5.41, 5.74) is 0.872. The lowest BCUT2D eigenvalue weighted by Gasteiger charge is -2.33. The van der Waals surface area contributed by atoms with Gasteiger partial charge in [-0.1, -0.05) is 23.7 Å². The Morgan fingerprint density at radius 3 is 2.59 bits per heavy atom. The number of methoxy groups -OCH3 is 1. The molecule has 1 N–H and O–H groups in total. The van der Waals surface area contributed by atoms with Gasteiger partial charge in [0.15, 0.2) is 0 Å². The summed E-state index contributed by atoms with van der Waals surface area (Å²) in [6, 6.07) is 9.12. The molecule has 1 aliphatic heterocycles. The van der Waals surface area contributed by atoms with Crippen molar-refractivity contribution in [2.45, 2.75) is 43.7 Å². The topological polar surface area (TPSA) is 122 Å². The van der Waals surface area contributed by atoms with E-state index in [0.717, 1.165) is 0 Å². The van der Waals surface area contributed by atoms with E-state index in [0.29, 0.717) is 37.2 Å². The van der Waals surface area contributed by atoms with Gasteiger partial charge in [-0.3, -0.25) is 9.59 Å². The van der Waals surface area contributed by atoms with Crippen LogP contribution >= 0.6 is 11.6 Å². The van der Waals surface area contributed by atoms with Crippen LogP contribution in [-0.4, -0.2) is 56.0 Å². The number of sulfonamides is 1. The van der Waals surface area contributed by atoms with Gasteiger partial charge in [0.1, 0.15) is 22.7 Å². The molecular weight excluding hydrogens is 480 g/mol. The minimum atomic E-state index is -4.12. The first-order chi connectivity index (χ1) is 16.2. The van der Waals surface area contributed by atoms with Gasteiger partial charge in [-0.2, -0.15) is 9.98 Å². The Balaban J connectivity index is 1.83. The molecular formula is C23H27ClN4O5S. The molecule has 3 rings (SSSR count). The van der Waals surface area contributed by atoms with E-state index in [1.54, 1.807) is 46.9 Å². The van der Waals surface area contributed by atoms with Crippen molar-refractivity contribution in [2.75, 3.05) is 20.2 Å². The molecule has 9 nitrogen and oxygen atoms in total. The van der Waals surface area contributed by atoms with Crippen LogP contribution in [0.15, 0.2) is 41.4 Å². The third-order valence-electron chi connectivity index (χ3n) is 5.97. The fourth-order valence-corrected chi connectivity index (χ4v) is 6.19. The molecule has 1 amide bonds. The molecule has 1 fully saturated rings. The van der Waals surface area contributed by atoms with Gasteiger partial charge in [-0.05, 0) is 49.9 Å². The molecule has 2 aromatic rings. The van der Waals surface area contributed by atoms with Crippen molar-refractivity contribution >= 4 is 33.5 Å². The molecule has 0 bridgehead atoms. The largest absolute Gasteiger partial charge is 0.469 e. The predicted octanol–water partition coefficient (Wildman–Crippen LogP) is 2.47. The first-order valence-corrected chi connectivity index (χ1v) is 12.7. The minimum Gasteiger partial charge on any atom is -0.469 e. The standard InChI is InChI=1S/C23H27ClN4O5S/c1-16-5-3-7-19(24)21(16)34(31,32)26-20(10-14-27-11-4-6-18(27)15-25)22(29)28-12-8-17(9-13-28)23(30)33-2/h3-7,11,17,20,26H,8-10,12-14H2,1-2H3. The Bertz CT molecular complexity index is 1180. The van der Waals surface area contributed by atoms with E-state index in [4.69, 9.17) is 16.3 Å². The number of nitrogens with zero attached hydrogens (tertiary/aromatic N) is 3. The summed E-state index contributed by atoms with van der Waals surface area (Å²) in [4.78, 5) is 26.7. The maximum Gasteiger partial charge on any atom is 0.308 e. The molecule has 1 unspecified atom stereocenters. The number of hydrogen-bond donors (Lipinski definition) is 1. The van der Waals surface area contributed by atoms with Crippen molar-refractivity contribution < 1.29 is 22.7 Å². The van der Waals surface area contributed by atoms with Gasteiger partial charge in [-0.25, -0.2) is 8.42 Å². The van der Waals surface area contributed by atoms with Crippen molar-refractivity contribution in [1.82, 2.24) is 14.2 Å². The van der Waals surface area contributed by atoms with E-state index in [9.17, 15) is 23.3 Å². The molecule has 1 atom stereocenters. The Kier molecular flexibility index (Phi) is 8.36. The van der Waals surface area contributed by atoms with Gasteiger partial charge in [0.05, 0.1) is 18.1 Å². The van der Waals surface area contributed by atoms with Crippen LogP contribution in [-0.2, 0) is 30.9 Å². The lowest BCUT2D eigenvalue weighted by molar-refractivity contribution is -0.149. The maximum atomic E-state index is 13.4. The molecule has 1 saturated heterocycles. The number of piperidine rings is 1. The monoisotopic (exact) mass is 506 g/mol. The van der Waals surface area contributed by atoms with E-state index < -0.39 is 16.1 Å². The summed E-state index contributed by atoms with van der Waals surface area (Å²) in [5, 5.41) is 9.33. The van der Waals surface area contributed by atoms with Crippen molar-refractivity contribution in [3.63, 3.8) is 0 Å². The second-order valence-electron chi connectivity index (χ2n) is 8.17. The quantitative estimate of drug-likeness (QED) is 0.549. The van der Waals surface area contributed by atoms with Crippen LogP contribution in [0.2, 0.25) is 5.02 Å². The van der Waals surface area contributed by atoms with E-state index in [1.807, 2.05) is 0 Å². The van der Waals surface area contributed by atoms with E-state index >= 15 is 0 Å².